The Kier molecular flexibility index (Phi) is 5.23. The summed E-state index contributed by atoms with van der Waals surface area (Å²) in [6.45, 7) is 0. The molecule has 0 radical (unpaired) electrons. The Morgan fingerprint density at radius 3 is 2.18 bits per heavy atom. The molecule has 1 aromatic carbocycles. The minimum atomic E-state index is -0.0485. The summed E-state index contributed by atoms with van der Waals surface area (Å²) >= 11 is 0. The SMILES string of the molecule is COc1ccc(OC)c(C(=O)CC[PH-])c1OC. The third-order valence-electron chi connectivity index (χ3n) is 2.36. The lowest BCUT2D eigenvalue weighted by Gasteiger charge is -2.15. The van der Waals surface area contributed by atoms with E-state index in [-0.39, 0.29) is 5.78 Å². The second-order valence-electron chi connectivity index (χ2n) is 3.30. The predicted molar refractivity (Wildman–Crippen MR) is 68.2 cm³/mol. The lowest BCUT2D eigenvalue weighted by molar-refractivity contribution is 0.0982. The molecule has 0 atom stereocenters. The van der Waals surface area contributed by atoms with E-state index in [9.17, 15) is 4.79 Å². The van der Waals surface area contributed by atoms with Gasteiger partial charge in [-0.25, -0.2) is 0 Å². The fraction of sp³-hybridized carbons (Fsp3) is 0.417. The van der Waals surface area contributed by atoms with Gasteiger partial charge in [0.1, 0.15) is 11.3 Å². The Bertz CT molecular complexity index is 404. The summed E-state index contributed by atoms with van der Waals surface area (Å²) in [6, 6.07) is 3.41. The van der Waals surface area contributed by atoms with Crippen LogP contribution in [0.1, 0.15) is 16.8 Å². The molecule has 0 aliphatic heterocycles. The van der Waals surface area contributed by atoms with Crippen molar-refractivity contribution >= 4 is 15.0 Å². The van der Waals surface area contributed by atoms with Crippen LogP contribution < -0.4 is 14.2 Å². The highest BCUT2D eigenvalue weighted by atomic mass is 31.0. The van der Waals surface area contributed by atoms with Crippen LogP contribution in [-0.4, -0.2) is 33.3 Å². The van der Waals surface area contributed by atoms with Crippen molar-refractivity contribution in [2.75, 3.05) is 27.5 Å². The van der Waals surface area contributed by atoms with Crippen LogP contribution >= 0.6 is 9.24 Å². The van der Waals surface area contributed by atoms with Crippen LogP contribution in [0.2, 0.25) is 0 Å². The number of benzene rings is 1. The van der Waals surface area contributed by atoms with Gasteiger partial charge in [-0.3, -0.25) is 4.79 Å². The van der Waals surface area contributed by atoms with Crippen LogP contribution in [-0.2, 0) is 0 Å². The second kappa shape index (κ2) is 6.45. The summed E-state index contributed by atoms with van der Waals surface area (Å²) < 4.78 is 15.6. The molecule has 0 amide bonds. The average molecular weight is 255 g/mol. The van der Waals surface area contributed by atoms with Crippen molar-refractivity contribution in [1.29, 1.82) is 0 Å². The van der Waals surface area contributed by atoms with Crippen LogP contribution in [0.15, 0.2) is 12.1 Å². The van der Waals surface area contributed by atoms with Crippen molar-refractivity contribution in [3.05, 3.63) is 17.7 Å². The number of rotatable bonds is 6. The van der Waals surface area contributed by atoms with Gasteiger partial charge in [0.15, 0.2) is 17.3 Å². The Hall–Kier alpha value is -1.28. The molecule has 0 fully saturated rings. The third-order valence-corrected chi connectivity index (χ3v) is 2.61. The maximum atomic E-state index is 12.0. The molecule has 4 nitrogen and oxygen atoms in total. The number of Topliss-reactive ketones (excluding diaryl/α,β-unsaturated/α-hetero) is 1. The van der Waals surface area contributed by atoms with Gasteiger partial charge in [0.05, 0.1) is 21.3 Å². The van der Waals surface area contributed by atoms with Crippen molar-refractivity contribution in [2.24, 2.45) is 0 Å². The van der Waals surface area contributed by atoms with Crippen LogP contribution in [0, 0.1) is 0 Å². The lowest BCUT2D eigenvalue weighted by atomic mass is 10.1. The second-order valence-corrected chi connectivity index (χ2v) is 3.80. The van der Waals surface area contributed by atoms with E-state index in [1.165, 1.54) is 21.3 Å². The highest BCUT2D eigenvalue weighted by Crippen LogP contribution is 2.38. The first kappa shape index (κ1) is 13.8. The molecule has 5 heteroatoms. The minimum absolute atomic E-state index is 0.0485. The third kappa shape index (κ3) is 2.89. The lowest BCUT2D eigenvalue weighted by Crippen LogP contribution is -2.06. The quantitative estimate of drug-likeness (QED) is 0.578. The molecule has 0 aliphatic rings. The summed E-state index contributed by atoms with van der Waals surface area (Å²) in [4.78, 5) is 12.0. The maximum Gasteiger partial charge on any atom is 0.175 e. The van der Waals surface area contributed by atoms with Gasteiger partial charge < -0.3 is 23.5 Å². The molecule has 0 unspecified atom stereocenters. The highest BCUT2D eigenvalue weighted by Gasteiger charge is 2.20. The van der Waals surface area contributed by atoms with E-state index in [1.807, 2.05) is 0 Å². The molecule has 0 saturated carbocycles. The zero-order valence-corrected chi connectivity index (χ0v) is 11.2. The van der Waals surface area contributed by atoms with Gasteiger partial charge in [-0.2, -0.15) is 6.16 Å². The Morgan fingerprint density at radius 2 is 1.71 bits per heavy atom. The first-order chi connectivity index (χ1) is 8.19. The number of carbonyl (C=O) groups excluding carboxylic acids is 1. The first-order valence-electron chi connectivity index (χ1n) is 5.16. The molecule has 0 aromatic heterocycles. The molecule has 0 heterocycles. The molecule has 0 spiro atoms. The number of hydrogen-bond donors (Lipinski definition) is 0. The molecular weight excluding hydrogens is 239 g/mol. The minimum Gasteiger partial charge on any atom is -0.558 e. The predicted octanol–water partition coefficient (Wildman–Crippen LogP) is 2.43. The number of ketones is 1. The van der Waals surface area contributed by atoms with Crippen molar-refractivity contribution in [2.45, 2.75) is 6.42 Å². The molecule has 0 saturated heterocycles. The van der Waals surface area contributed by atoms with Crippen LogP contribution in [0.25, 0.3) is 0 Å². The Labute approximate surface area is 103 Å². The highest BCUT2D eigenvalue weighted by molar-refractivity contribution is 7.16. The van der Waals surface area contributed by atoms with Gasteiger partial charge in [-0.15, -0.1) is 0 Å². The number of hydrogen-bond acceptors (Lipinski definition) is 4. The fourth-order valence-corrected chi connectivity index (χ4v) is 1.81. The molecule has 1 rings (SSSR count). The average Bonchev–Trinajstić information content (AvgIpc) is 2.36. The summed E-state index contributed by atoms with van der Waals surface area (Å²) in [7, 11) is 7.84. The molecule has 0 bridgehead atoms. The number of methoxy groups -OCH3 is 3. The van der Waals surface area contributed by atoms with Gasteiger partial charge in [0.2, 0.25) is 0 Å². The molecule has 1 aromatic rings. The van der Waals surface area contributed by atoms with Gasteiger partial charge in [0, 0.05) is 0 Å². The van der Waals surface area contributed by atoms with Crippen LogP contribution in [0.4, 0.5) is 0 Å². The van der Waals surface area contributed by atoms with E-state index >= 15 is 0 Å². The summed E-state index contributed by atoms with van der Waals surface area (Å²) in [5, 5.41) is 0. The molecule has 0 N–H and O–H groups in total. The van der Waals surface area contributed by atoms with E-state index in [0.717, 1.165) is 0 Å². The van der Waals surface area contributed by atoms with Gasteiger partial charge in [-0.05, 0) is 18.6 Å². The largest absolute Gasteiger partial charge is 0.558 e. The zero-order valence-electron chi connectivity index (χ0n) is 10.2. The number of carbonyl (C=O) groups is 1. The van der Waals surface area contributed by atoms with Crippen LogP contribution in [0.5, 0.6) is 17.2 Å². The van der Waals surface area contributed by atoms with E-state index in [4.69, 9.17) is 14.2 Å². The van der Waals surface area contributed by atoms with Crippen molar-refractivity contribution in [1.82, 2.24) is 0 Å². The Morgan fingerprint density at radius 1 is 1.12 bits per heavy atom. The Balaban J connectivity index is 3.34. The summed E-state index contributed by atoms with van der Waals surface area (Å²) in [5.41, 5.74) is 0.424. The molecule has 94 valence electrons. The zero-order chi connectivity index (χ0) is 12.8. The van der Waals surface area contributed by atoms with E-state index in [2.05, 4.69) is 9.24 Å². The van der Waals surface area contributed by atoms with Crippen molar-refractivity contribution < 1.29 is 19.0 Å². The summed E-state index contributed by atoms with van der Waals surface area (Å²) in [6.07, 6.45) is 0.957. The topological polar surface area (TPSA) is 44.8 Å². The monoisotopic (exact) mass is 255 g/mol. The van der Waals surface area contributed by atoms with Gasteiger partial charge >= 0.3 is 0 Å². The molecule has 17 heavy (non-hydrogen) atoms. The molecular formula is C12H16O4P-. The smallest absolute Gasteiger partial charge is 0.175 e. The summed E-state index contributed by atoms with van der Waals surface area (Å²) in [5.74, 6) is 1.38. The van der Waals surface area contributed by atoms with E-state index < -0.39 is 0 Å². The van der Waals surface area contributed by atoms with Crippen molar-refractivity contribution in [3.8, 4) is 17.2 Å². The van der Waals surface area contributed by atoms with Crippen molar-refractivity contribution in [3.63, 3.8) is 0 Å². The van der Waals surface area contributed by atoms with Crippen LogP contribution in [0.3, 0.4) is 0 Å². The number of ether oxygens (including phenoxy) is 3. The van der Waals surface area contributed by atoms with E-state index in [0.29, 0.717) is 35.4 Å². The standard InChI is InChI=1S/C12H16O4P/c1-14-9-4-5-10(15-2)12(16-3)11(9)8(13)6-7-17/h4-5,17H,6-7H2,1-3H3/q-1. The van der Waals surface area contributed by atoms with Gasteiger partial charge in [-0.1, -0.05) is 0 Å². The first-order valence-corrected chi connectivity index (χ1v) is 5.87. The maximum absolute atomic E-state index is 12.0. The normalized spacial score (nSPS) is 9.88. The van der Waals surface area contributed by atoms with Gasteiger partial charge in [0.25, 0.3) is 0 Å². The van der Waals surface area contributed by atoms with E-state index in [1.54, 1.807) is 12.1 Å². The fourth-order valence-electron chi connectivity index (χ4n) is 1.58. The molecule has 0 aliphatic carbocycles.